The van der Waals surface area contributed by atoms with Gasteiger partial charge in [-0.2, -0.15) is 0 Å². The van der Waals surface area contributed by atoms with Crippen molar-refractivity contribution in [3.63, 3.8) is 0 Å². The molecular weight excluding hydrogens is 200 g/mol. The summed E-state index contributed by atoms with van der Waals surface area (Å²) in [5, 5.41) is 0. The molecule has 0 bridgehead atoms. The zero-order chi connectivity index (χ0) is 11.9. The third-order valence-electron chi connectivity index (χ3n) is 3.17. The van der Waals surface area contributed by atoms with Crippen LogP contribution in [0.15, 0.2) is 28.4 Å². The van der Waals surface area contributed by atoms with E-state index in [2.05, 4.69) is 18.8 Å². The Bertz CT molecular complexity index is 416. The van der Waals surface area contributed by atoms with E-state index in [1.54, 1.807) is 0 Å². The molecule has 1 aliphatic carbocycles. The zero-order valence-corrected chi connectivity index (χ0v) is 10.0. The van der Waals surface area contributed by atoms with Crippen molar-refractivity contribution >= 4 is 12.0 Å². The summed E-state index contributed by atoms with van der Waals surface area (Å²) in [6.07, 6.45) is 6.48. The first-order chi connectivity index (χ1) is 7.41. The lowest BCUT2D eigenvalue weighted by molar-refractivity contribution is -0.117. The Kier molecular flexibility index (Phi) is 2.58. The topological polar surface area (TPSA) is 55.5 Å². The Hall–Kier alpha value is -1.22. The summed E-state index contributed by atoms with van der Waals surface area (Å²) in [7, 11) is 0. The first kappa shape index (κ1) is 11.3. The molecule has 0 saturated heterocycles. The summed E-state index contributed by atoms with van der Waals surface area (Å²) >= 11 is 0. The van der Waals surface area contributed by atoms with Gasteiger partial charge in [-0.1, -0.05) is 26.8 Å². The minimum absolute atomic E-state index is 0.0475. The van der Waals surface area contributed by atoms with Gasteiger partial charge < -0.3 is 5.73 Å². The molecular formula is C13H18N2O. The van der Waals surface area contributed by atoms with Crippen molar-refractivity contribution in [2.24, 2.45) is 22.1 Å². The number of hydrogen-bond donors (Lipinski definition) is 1. The molecule has 3 heteroatoms. The second kappa shape index (κ2) is 3.67. The number of carbonyl (C=O) groups is 1. The number of allylic oxidation sites excluding steroid dienone is 2. The quantitative estimate of drug-likeness (QED) is 0.674. The number of ketones is 1. The van der Waals surface area contributed by atoms with Crippen LogP contribution in [0.4, 0.5) is 0 Å². The molecule has 1 aliphatic heterocycles. The molecule has 2 atom stereocenters. The number of Topliss-reactive ketones (excluding diaryl/α,β-unsaturated/α-hetero) is 1. The molecule has 16 heavy (non-hydrogen) atoms. The predicted molar refractivity (Wildman–Crippen MR) is 65.2 cm³/mol. The van der Waals surface area contributed by atoms with E-state index in [0.29, 0.717) is 5.57 Å². The highest BCUT2D eigenvalue weighted by atomic mass is 16.1. The maximum absolute atomic E-state index is 12.1. The molecule has 2 N–H and O–H groups in total. The number of aliphatic imine (C=N–C) groups is 1. The van der Waals surface area contributed by atoms with Crippen molar-refractivity contribution < 1.29 is 4.79 Å². The van der Waals surface area contributed by atoms with E-state index in [4.69, 9.17) is 5.73 Å². The molecule has 0 aromatic heterocycles. The molecule has 0 amide bonds. The lowest BCUT2D eigenvalue weighted by Gasteiger charge is -2.24. The molecule has 2 rings (SSSR count). The van der Waals surface area contributed by atoms with E-state index in [9.17, 15) is 4.79 Å². The van der Waals surface area contributed by atoms with E-state index in [-0.39, 0.29) is 23.2 Å². The molecule has 1 heterocycles. The van der Waals surface area contributed by atoms with Crippen LogP contribution in [0.2, 0.25) is 0 Å². The third-order valence-corrected chi connectivity index (χ3v) is 3.17. The lowest BCUT2D eigenvalue weighted by atomic mass is 9.81. The molecule has 2 aliphatic rings. The van der Waals surface area contributed by atoms with Gasteiger partial charge in [-0.25, -0.2) is 0 Å². The van der Waals surface area contributed by atoms with Crippen LogP contribution < -0.4 is 5.73 Å². The van der Waals surface area contributed by atoms with Crippen LogP contribution in [0.25, 0.3) is 0 Å². The molecule has 0 spiro atoms. The summed E-state index contributed by atoms with van der Waals surface area (Å²) in [6, 6.07) is -0.201. The fraction of sp³-hybridized carbons (Fsp3) is 0.538. The maximum Gasteiger partial charge on any atom is 0.169 e. The molecule has 0 aromatic carbocycles. The first-order valence-corrected chi connectivity index (χ1v) is 5.68. The normalized spacial score (nSPS) is 32.6. The zero-order valence-electron chi connectivity index (χ0n) is 10.0. The predicted octanol–water partition coefficient (Wildman–Crippen LogP) is 1.84. The van der Waals surface area contributed by atoms with E-state index in [1.165, 1.54) is 0 Å². The van der Waals surface area contributed by atoms with Crippen molar-refractivity contribution in [3.8, 4) is 0 Å². The summed E-state index contributed by atoms with van der Waals surface area (Å²) < 4.78 is 0. The Morgan fingerprint density at radius 1 is 1.50 bits per heavy atom. The van der Waals surface area contributed by atoms with Gasteiger partial charge in [0.2, 0.25) is 0 Å². The summed E-state index contributed by atoms with van der Waals surface area (Å²) in [4.78, 5) is 16.5. The van der Waals surface area contributed by atoms with Gasteiger partial charge in [-0.15, -0.1) is 0 Å². The molecule has 0 fully saturated rings. The van der Waals surface area contributed by atoms with Crippen LogP contribution in [0.5, 0.6) is 0 Å². The monoisotopic (exact) mass is 218 g/mol. The van der Waals surface area contributed by atoms with Gasteiger partial charge >= 0.3 is 0 Å². The van der Waals surface area contributed by atoms with Crippen molar-refractivity contribution in [1.82, 2.24) is 0 Å². The Balaban J connectivity index is 2.45. The number of hydrogen-bond acceptors (Lipinski definition) is 3. The fourth-order valence-corrected chi connectivity index (χ4v) is 2.24. The highest BCUT2D eigenvalue weighted by Gasteiger charge is 2.32. The Morgan fingerprint density at radius 3 is 2.88 bits per heavy atom. The Morgan fingerprint density at radius 2 is 2.19 bits per heavy atom. The Labute approximate surface area is 96.1 Å². The van der Waals surface area contributed by atoms with Gasteiger partial charge in [0.25, 0.3) is 0 Å². The third kappa shape index (κ3) is 1.87. The molecule has 0 aromatic rings. The molecule has 86 valence electrons. The average molecular weight is 218 g/mol. The van der Waals surface area contributed by atoms with E-state index in [1.807, 2.05) is 25.3 Å². The highest BCUT2D eigenvalue weighted by Crippen LogP contribution is 2.32. The van der Waals surface area contributed by atoms with Crippen LogP contribution in [0.3, 0.4) is 0 Å². The van der Waals surface area contributed by atoms with Crippen molar-refractivity contribution in [2.45, 2.75) is 33.2 Å². The van der Waals surface area contributed by atoms with Gasteiger partial charge in [0.05, 0.1) is 5.70 Å². The van der Waals surface area contributed by atoms with E-state index < -0.39 is 0 Å². The molecule has 0 saturated carbocycles. The number of nitrogens with two attached hydrogens (primary N) is 1. The van der Waals surface area contributed by atoms with Gasteiger partial charge in [0.15, 0.2) is 5.78 Å². The summed E-state index contributed by atoms with van der Waals surface area (Å²) in [6.45, 7) is 6.08. The van der Waals surface area contributed by atoms with Gasteiger partial charge in [0, 0.05) is 29.2 Å². The van der Waals surface area contributed by atoms with Crippen LogP contribution in [0, 0.1) is 11.3 Å². The first-order valence-electron chi connectivity index (χ1n) is 5.68. The molecule has 2 unspecified atom stereocenters. The van der Waals surface area contributed by atoms with Crippen molar-refractivity contribution in [1.29, 1.82) is 0 Å². The number of rotatable bonds is 0. The summed E-state index contributed by atoms with van der Waals surface area (Å²) in [5.41, 5.74) is 7.53. The van der Waals surface area contributed by atoms with Crippen LogP contribution in [-0.4, -0.2) is 18.0 Å². The number of nitrogens with zero attached hydrogens (tertiary/aromatic N) is 1. The second-order valence-corrected chi connectivity index (χ2v) is 5.37. The smallest absolute Gasteiger partial charge is 0.169 e. The van der Waals surface area contributed by atoms with Crippen molar-refractivity contribution in [2.75, 3.05) is 0 Å². The largest absolute Gasteiger partial charge is 0.324 e. The highest BCUT2D eigenvalue weighted by molar-refractivity contribution is 6.02. The van der Waals surface area contributed by atoms with Crippen molar-refractivity contribution in [3.05, 3.63) is 23.4 Å². The molecule has 3 nitrogen and oxygen atoms in total. The van der Waals surface area contributed by atoms with Gasteiger partial charge in [0.1, 0.15) is 0 Å². The van der Waals surface area contributed by atoms with Crippen LogP contribution >= 0.6 is 0 Å². The van der Waals surface area contributed by atoms with Crippen LogP contribution in [0.1, 0.15) is 27.2 Å². The minimum Gasteiger partial charge on any atom is -0.324 e. The van der Waals surface area contributed by atoms with E-state index >= 15 is 0 Å². The SMILES string of the molecule is CC1C=CC2=C(C1=O)C(N)CC(C)(C)C=N2. The summed E-state index contributed by atoms with van der Waals surface area (Å²) in [5.74, 6) is 0.0565. The second-order valence-electron chi connectivity index (χ2n) is 5.37. The standard InChI is InChI=1S/C13H18N2O/c1-8-4-5-10-11(12(8)16)9(14)6-13(2,3)7-15-10/h4-5,7-9H,6,14H2,1-3H3. The van der Waals surface area contributed by atoms with Crippen LogP contribution in [-0.2, 0) is 4.79 Å². The van der Waals surface area contributed by atoms with Gasteiger partial charge in [-0.05, 0) is 12.5 Å². The minimum atomic E-state index is -0.201. The lowest BCUT2D eigenvalue weighted by Crippen LogP contribution is -2.34. The van der Waals surface area contributed by atoms with E-state index in [0.717, 1.165) is 12.1 Å². The number of carbonyl (C=O) groups excluding carboxylic acids is 1. The fourth-order valence-electron chi connectivity index (χ4n) is 2.24. The average Bonchev–Trinajstić information content (AvgIpc) is 2.29. The molecule has 0 radical (unpaired) electrons. The maximum atomic E-state index is 12.1. The van der Waals surface area contributed by atoms with Gasteiger partial charge in [-0.3, -0.25) is 9.79 Å².